The summed E-state index contributed by atoms with van der Waals surface area (Å²) in [7, 11) is 1.62. The van der Waals surface area contributed by atoms with Crippen LogP contribution in [0.2, 0.25) is 0 Å². The minimum absolute atomic E-state index is 0.147. The van der Waals surface area contributed by atoms with Crippen LogP contribution in [0.15, 0.2) is 87.3 Å². The molecule has 0 bridgehead atoms. The van der Waals surface area contributed by atoms with Gasteiger partial charge in [0.2, 0.25) is 11.7 Å². The quantitative estimate of drug-likeness (QED) is 0.220. The Morgan fingerprint density at radius 2 is 1.69 bits per heavy atom. The van der Waals surface area contributed by atoms with Gasteiger partial charge in [0.15, 0.2) is 5.16 Å². The van der Waals surface area contributed by atoms with E-state index in [-0.39, 0.29) is 5.56 Å². The van der Waals surface area contributed by atoms with Crippen molar-refractivity contribution in [2.24, 2.45) is 0 Å². The molecule has 8 nitrogen and oxygen atoms in total. The lowest BCUT2D eigenvalue weighted by Crippen LogP contribution is -2.21. The van der Waals surface area contributed by atoms with Crippen LogP contribution >= 0.6 is 11.8 Å². The van der Waals surface area contributed by atoms with E-state index in [1.807, 2.05) is 73.7 Å². The molecule has 0 aliphatic carbocycles. The zero-order valence-corrected chi connectivity index (χ0v) is 20.0. The van der Waals surface area contributed by atoms with Crippen molar-refractivity contribution in [2.45, 2.75) is 17.8 Å². The summed E-state index contributed by atoms with van der Waals surface area (Å²) in [6.07, 6.45) is 0. The van der Waals surface area contributed by atoms with Crippen LogP contribution in [0.3, 0.4) is 0 Å². The molecule has 0 saturated heterocycles. The van der Waals surface area contributed by atoms with Crippen LogP contribution < -0.4 is 15.0 Å². The average molecular weight is 487 g/mol. The van der Waals surface area contributed by atoms with Gasteiger partial charge in [-0.2, -0.15) is 4.98 Å². The maximum Gasteiger partial charge on any atom is 0.266 e. The molecule has 0 N–H and O–H groups in total. The number of para-hydroxylation sites is 1. The second kappa shape index (κ2) is 10.0. The lowest BCUT2D eigenvalue weighted by atomic mass is 10.2. The van der Waals surface area contributed by atoms with Crippen LogP contribution in [0.4, 0.5) is 0 Å². The molecule has 5 rings (SSSR count). The predicted molar refractivity (Wildman–Crippen MR) is 134 cm³/mol. The fraction of sp³-hybridized carbons (Fsp3) is 0.154. The fourth-order valence-corrected chi connectivity index (χ4v) is 4.44. The second-order valence-corrected chi connectivity index (χ2v) is 8.45. The number of rotatable bonds is 8. The van der Waals surface area contributed by atoms with Gasteiger partial charge in [-0.05, 0) is 67.6 Å². The highest BCUT2D eigenvalue weighted by atomic mass is 32.2. The molecule has 0 aliphatic heterocycles. The molecule has 0 unspecified atom stereocenters. The SMILES string of the molecule is CCOc1ccc(-n2c(SCc3nc(-c4ccc(OC)cc4)no3)nc3ccccc3c2=O)cc1. The lowest BCUT2D eigenvalue weighted by Gasteiger charge is -2.13. The van der Waals surface area contributed by atoms with Crippen LogP contribution in [0, 0.1) is 0 Å². The van der Waals surface area contributed by atoms with Crippen molar-refractivity contribution in [3.05, 3.63) is 89.0 Å². The standard InChI is InChI=1S/C26H22N4O4S/c1-3-33-20-14-10-18(11-15-20)30-25(31)21-6-4-5-7-22(21)27-26(30)35-16-23-28-24(29-34-23)17-8-12-19(32-2)13-9-17/h4-15H,3,16H2,1-2H3. The molecule has 5 aromatic rings. The number of ether oxygens (including phenoxy) is 2. The summed E-state index contributed by atoms with van der Waals surface area (Å²) in [4.78, 5) is 22.7. The van der Waals surface area contributed by atoms with Crippen LogP contribution in [0.5, 0.6) is 11.5 Å². The smallest absolute Gasteiger partial charge is 0.266 e. The molecule has 2 heterocycles. The van der Waals surface area contributed by atoms with E-state index in [1.165, 1.54) is 11.8 Å². The van der Waals surface area contributed by atoms with Crippen molar-refractivity contribution in [3.8, 4) is 28.6 Å². The summed E-state index contributed by atoms with van der Waals surface area (Å²) in [6, 6.07) is 22.1. The van der Waals surface area contributed by atoms with Crippen LogP contribution in [-0.2, 0) is 5.75 Å². The van der Waals surface area contributed by atoms with Gasteiger partial charge >= 0.3 is 0 Å². The third-order valence-electron chi connectivity index (χ3n) is 5.29. The number of hydrogen-bond acceptors (Lipinski definition) is 8. The summed E-state index contributed by atoms with van der Waals surface area (Å²) in [5.74, 6) is 2.76. The second-order valence-electron chi connectivity index (χ2n) is 7.51. The highest BCUT2D eigenvalue weighted by Crippen LogP contribution is 2.26. The number of hydrogen-bond donors (Lipinski definition) is 0. The fourth-order valence-electron chi connectivity index (χ4n) is 3.59. The molecular formula is C26H22N4O4S. The van der Waals surface area contributed by atoms with Gasteiger partial charge in [-0.1, -0.05) is 29.1 Å². The first-order chi connectivity index (χ1) is 17.2. The van der Waals surface area contributed by atoms with Crippen LogP contribution in [0.1, 0.15) is 12.8 Å². The van der Waals surface area contributed by atoms with E-state index >= 15 is 0 Å². The minimum Gasteiger partial charge on any atom is -0.497 e. The Bertz CT molecular complexity index is 1510. The van der Waals surface area contributed by atoms with Gasteiger partial charge in [0.05, 0.1) is 36.1 Å². The molecule has 0 amide bonds. The van der Waals surface area contributed by atoms with E-state index < -0.39 is 0 Å². The van der Waals surface area contributed by atoms with E-state index in [1.54, 1.807) is 17.7 Å². The van der Waals surface area contributed by atoms with Gasteiger partial charge in [0.25, 0.3) is 5.56 Å². The lowest BCUT2D eigenvalue weighted by molar-refractivity contribution is 0.340. The molecule has 0 spiro atoms. The van der Waals surface area contributed by atoms with Gasteiger partial charge in [-0.15, -0.1) is 0 Å². The summed E-state index contributed by atoms with van der Waals surface area (Å²) in [5, 5.41) is 5.16. The molecule has 0 fully saturated rings. The zero-order valence-electron chi connectivity index (χ0n) is 19.2. The topological polar surface area (TPSA) is 92.3 Å². The Kier molecular flexibility index (Phi) is 6.49. The number of aromatic nitrogens is 4. The highest BCUT2D eigenvalue weighted by molar-refractivity contribution is 7.98. The first kappa shape index (κ1) is 22.7. The molecule has 0 aliphatic rings. The van der Waals surface area contributed by atoms with Crippen molar-refractivity contribution < 1.29 is 14.0 Å². The van der Waals surface area contributed by atoms with E-state index in [2.05, 4.69) is 10.1 Å². The van der Waals surface area contributed by atoms with Gasteiger partial charge in [0, 0.05) is 5.56 Å². The number of nitrogens with zero attached hydrogens (tertiary/aromatic N) is 4. The third-order valence-corrected chi connectivity index (χ3v) is 6.22. The van der Waals surface area contributed by atoms with E-state index in [0.717, 1.165) is 17.1 Å². The first-order valence-corrected chi connectivity index (χ1v) is 12.0. The van der Waals surface area contributed by atoms with Crippen molar-refractivity contribution in [2.75, 3.05) is 13.7 Å². The molecule has 35 heavy (non-hydrogen) atoms. The largest absolute Gasteiger partial charge is 0.497 e. The van der Waals surface area contributed by atoms with Crippen molar-refractivity contribution in [3.63, 3.8) is 0 Å². The Labute approximate surface area is 205 Å². The van der Waals surface area contributed by atoms with Gasteiger partial charge in [0.1, 0.15) is 11.5 Å². The van der Waals surface area contributed by atoms with E-state index in [9.17, 15) is 4.79 Å². The summed E-state index contributed by atoms with van der Waals surface area (Å²) in [6.45, 7) is 2.50. The molecule has 0 saturated carbocycles. The summed E-state index contributed by atoms with van der Waals surface area (Å²) in [5.41, 5.74) is 2.00. The predicted octanol–water partition coefficient (Wildman–Crippen LogP) is 5.14. The maximum atomic E-state index is 13.4. The van der Waals surface area contributed by atoms with Gasteiger partial charge in [-0.25, -0.2) is 4.98 Å². The molecule has 3 aromatic carbocycles. The van der Waals surface area contributed by atoms with Crippen molar-refractivity contribution >= 4 is 22.7 Å². The van der Waals surface area contributed by atoms with E-state index in [0.29, 0.717) is 45.8 Å². The van der Waals surface area contributed by atoms with Crippen molar-refractivity contribution in [1.29, 1.82) is 0 Å². The molecular weight excluding hydrogens is 464 g/mol. The Hall–Kier alpha value is -4.11. The molecule has 176 valence electrons. The number of fused-ring (bicyclic) bond motifs is 1. The van der Waals surface area contributed by atoms with Crippen molar-refractivity contribution in [1.82, 2.24) is 19.7 Å². The highest BCUT2D eigenvalue weighted by Gasteiger charge is 2.16. The molecule has 2 aromatic heterocycles. The van der Waals surface area contributed by atoms with E-state index in [4.69, 9.17) is 19.0 Å². The maximum absolute atomic E-state index is 13.4. The average Bonchev–Trinajstić information content (AvgIpc) is 3.38. The number of methoxy groups -OCH3 is 1. The minimum atomic E-state index is -0.147. The normalized spacial score (nSPS) is 11.0. The Morgan fingerprint density at radius 3 is 2.43 bits per heavy atom. The summed E-state index contributed by atoms with van der Waals surface area (Å²) < 4.78 is 17.8. The van der Waals surface area contributed by atoms with Crippen LogP contribution in [-0.4, -0.2) is 33.4 Å². The molecule has 0 atom stereocenters. The Morgan fingerprint density at radius 1 is 0.943 bits per heavy atom. The zero-order chi connectivity index (χ0) is 24.2. The van der Waals surface area contributed by atoms with Crippen LogP contribution in [0.25, 0.3) is 28.0 Å². The Balaban J connectivity index is 1.46. The monoisotopic (exact) mass is 486 g/mol. The summed E-state index contributed by atoms with van der Waals surface area (Å²) >= 11 is 1.36. The number of thioether (sulfide) groups is 1. The molecule has 9 heteroatoms. The third kappa shape index (κ3) is 4.76. The number of benzene rings is 3. The first-order valence-electron chi connectivity index (χ1n) is 11.0. The van der Waals surface area contributed by atoms with Gasteiger partial charge < -0.3 is 14.0 Å². The van der Waals surface area contributed by atoms with Gasteiger partial charge in [-0.3, -0.25) is 9.36 Å². The molecule has 0 radical (unpaired) electrons.